The predicted molar refractivity (Wildman–Crippen MR) is 82.0 cm³/mol. The number of piperazine rings is 1. The summed E-state index contributed by atoms with van der Waals surface area (Å²) in [5.41, 5.74) is 0.976. The van der Waals surface area contributed by atoms with Crippen LogP contribution in [0.5, 0.6) is 0 Å². The maximum Gasteiger partial charge on any atom is 0.293 e. The monoisotopic (exact) mass is 291 g/mol. The van der Waals surface area contributed by atoms with E-state index in [2.05, 4.69) is 25.8 Å². The largest absolute Gasteiger partial charge is 0.363 e. The molecule has 2 unspecified atom stereocenters. The molecular weight excluding hydrogens is 270 g/mol. The van der Waals surface area contributed by atoms with Gasteiger partial charge in [-0.2, -0.15) is 0 Å². The Morgan fingerprint density at radius 2 is 1.86 bits per heavy atom. The number of benzene rings is 1. The number of rotatable bonds is 3. The Hall–Kier alpha value is -1.95. The minimum Gasteiger partial charge on any atom is -0.363 e. The topological polar surface area (TPSA) is 66.7 Å². The van der Waals surface area contributed by atoms with Gasteiger partial charge >= 0.3 is 0 Å². The number of Topliss-reactive ketones (excluding diaryl/α,β-unsaturated/α-hetero) is 1. The van der Waals surface area contributed by atoms with Gasteiger partial charge in [0.05, 0.1) is 4.92 Å². The van der Waals surface area contributed by atoms with E-state index in [0.717, 1.165) is 13.1 Å². The Morgan fingerprint density at radius 3 is 2.33 bits per heavy atom. The Morgan fingerprint density at radius 1 is 1.29 bits per heavy atom. The van der Waals surface area contributed by atoms with Crippen molar-refractivity contribution in [3.8, 4) is 0 Å². The van der Waals surface area contributed by atoms with E-state index in [4.69, 9.17) is 0 Å². The van der Waals surface area contributed by atoms with Crippen molar-refractivity contribution in [1.82, 2.24) is 4.90 Å². The molecule has 0 saturated carbocycles. The summed E-state index contributed by atoms with van der Waals surface area (Å²) in [6.07, 6.45) is 0. The lowest BCUT2D eigenvalue weighted by Gasteiger charge is -2.43. The molecule has 6 heteroatoms. The standard InChI is InChI=1S/C15H21N3O3/c1-10-8-17(9-11(2)16(10)4)14-6-5-13(12(3)19)7-15(14)18(20)21/h5-7,10-11H,8-9H2,1-4H3. The first-order valence-electron chi connectivity index (χ1n) is 7.07. The Balaban J connectivity index is 2.39. The van der Waals surface area contributed by atoms with Crippen LogP contribution in [-0.2, 0) is 0 Å². The van der Waals surface area contributed by atoms with E-state index in [0.29, 0.717) is 23.3 Å². The van der Waals surface area contributed by atoms with Gasteiger partial charge < -0.3 is 4.90 Å². The number of nitro benzene ring substituents is 1. The fourth-order valence-corrected chi connectivity index (χ4v) is 2.76. The molecule has 0 radical (unpaired) electrons. The lowest BCUT2D eigenvalue weighted by Crippen LogP contribution is -2.55. The van der Waals surface area contributed by atoms with Gasteiger partial charge in [0.2, 0.25) is 0 Å². The summed E-state index contributed by atoms with van der Waals surface area (Å²) >= 11 is 0. The minimum absolute atomic E-state index is 0.00616. The van der Waals surface area contributed by atoms with Crippen LogP contribution in [-0.4, -0.2) is 47.8 Å². The maximum absolute atomic E-state index is 11.4. The van der Waals surface area contributed by atoms with Gasteiger partial charge in [0.1, 0.15) is 5.69 Å². The molecule has 0 spiro atoms. The van der Waals surface area contributed by atoms with Crippen molar-refractivity contribution in [3.05, 3.63) is 33.9 Å². The van der Waals surface area contributed by atoms with Gasteiger partial charge in [0.25, 0.3) is 5.69 Å². The smallest absolute Gasteiger partial charge is 0.293 e. The molecule has 0 amide bonds. The average Bonchev–Trinajstić information content (AvgIpc) is 2.43. The van der Waals surface area contributed by atoms with Crippen molar-refractivity contribution in [2.75, 3.05) is 25.0 Å². The quantitative estimate of drug-likeness (QED) is 0.486. The molecule has 0 aliphatic carbocycles. The molecule has 1 heterocycles. The molecule has 0 bridgehead atoms. The number of anilines is 1. The highest BCUT2D eigenvalue weighted by Gasteiger charge is 2.30. The Labute approximate surface area is 124 Å². The van der Waals surface area contributed by atoms with Crippen LogP contribution in [0.1, 0.15) is 31.1 Å². The molecule has 1 aromatic carbocycles. The molecule has 0 aromatic heterocycles. The van der Waals surface area contributed by atoms with Crippen molar-refractivity contribution in [1.29, 1.82) is 0 Å². The maximum atomic E-state index is 11.4. The second kappa shape index (κ2) is 5.81. The first-order chi connectivity index (χ1) is 9.81. The normalized spacial score (nSPS) is 23.1. The van der Waals surface area contributed by atoms with Crippen LogP contribution < -0.4 is 4.90 Å². The highest BCUT2D eigenvalue weighted by Crippen LogP contribution is 2.31. The van der Waals surface area contributed by atoms with E-state index in [-0.39, 0.29) is 11.5 Å². The molecule has 2 rings (SSSR count). The highest BCUT2D eigenvalue weighted by atomic mass is 16.6. The summed E-state index contributed by atoms with van der Waals surface area (Å²) in [6, 6.07) is 5.38. The van der Waals surface area contributed by atoms with Gasteiger partial charge in [-0.15, -0.1) is 0 Å². The van der Waals surface area contributed by atoms with Crippen molar-refractivity contribution in [3.63, 3.8) is 0 Å². The number of carbonyl (C=O) groups is 1. The number of hydrogen-bond donors (Lipinski definition) is 0. The van der Waals surface area contributed by atoms with E-state index in [1.54, 1.807) is 12.1 Å². The van der Waals surface area contributed by atoms with E-state index in [9.17, 15) is 14.9 Å². The zero-order valence-electron chi connectivity index (χ0n) is 12.9. The van der Waals surface area contributed by atoms with E-state index >= 15 is 0 Å². The third-order valence-corrected chi connectivity index (χ3v) is 4.28. The van der Waals surface area contributed by atoms with Crippen LogP contribution in [0.4, 0.5) is 11.4 Å². The lowest BCUT2D eigenvalue weighted by atomic mass is 10.1. The van der Waals surface area contributed by atoms with Gasteiger partial charge in [-0.25, -0.2) is 0 Å². The Kier molecular flexibility index (Phi) is 4.27. The third kappa shape index (κ3) is 3.05. The Bertz CT molecular complexity index is 561. The average molecular weight is 291 g/mol. The van der Waals surface area contributed by atoms with Crippen LogP contribution in [0.15, 0.2) is 18.2 Å². The van der Waals surface area contributed by atoms with Crippen LogP contribution in [0.25, 0.3) is 0 Å². The van der Waals surface area contributed by atoms with E-state index in [1.165, 1.54) is 13.0 Å². The molecule has 2 atom stereocenters. The summed E-state index contributed by atoms with van der Waals surface area (Å²) in [5.74, 6) is -0.162. The van der Waals surface area contributed by atoms with Crippen LogP contribution >= 0.6 is 0 Å². The van der Waals surface area contributed by atoms with Gasteiger partial charge in [-0.1, -0.05) is 0 Å². The number of ketones is 1. The van der Waals surface area contributed by atoms with Gasteiger partial charge in [-0.05, 0) is 40.0 Å². The molecule has 114 valence electrons. The second-order valence-electron chi connectivity index (χ2n) is 5.79. The molecule has 1 saturated heterocycles. The lowest BCUT2D eigenvalue weighted by molar-refractivity contribution is -0.384. The van der Waals surface area contributed by atoms with Crippen LogP contribution in [0.2, 0.25) is 0 Å². The SMILES string of the molecule is CC(=O)c1ccc(N2CC(C)N(C)C(C)C2)c([N+](=O)[O-])c1. The number of likely N-dealkylation sites (N-methyl/N-ethyl adjacent to an activating group) is 1. The molecule has 1 aliphatic heterocycles. The van der Waals surface area contributed by atoms with Crippen LogP contribution in [0, 0.1) is 10.1 Å². The fraction of sp³-hybridized carbons (Fsp3) is 0.533. The molecule has 1 fully saturated rings. The van der Waals surface area contributed by atoms with Gasteiger partial charge in [0.15, 0.2) is 5.78 Å². The number of hydrogen-bond acceptors (Lipinski definition) is 5. The number of nitrogens with zero attached hydrogens (tertiary/aromatic N) is 3. The summed E-state index contributed by atoms with van der Waals surface area (Å²) in [6.45, 7) is 7.11. The summed E-state index contributed by atoms with van der Waals surface area (Å²) in [4.78, 5) is 26.6. The summed E-state index contributed by atoms with van der Waals surface area (Å²) in [5, 5.41) is 11.3. The van der Waals surface area contributed by atoms with Crippen molar-refractivity contribution in [2.45, 2.75) is 32.9 Å². The first kappa shape index (κ1) is 15.4. The second-order valence-corrected chi connectivity index (χ2v) is 5.79. The summed E-state index contributed by atoms with van der Waals surface area (Å²) < 4.78 is 0. The third-order valence-electron chi connectivity index (χ3n) is 4.28. The van der Waals surface area contributed by atoms with E-state index in [1.807, 2.05) is 4.90 Å². The molecule has 1 aromatic rings. The predicted octanol–water partition coefficient (Wildman–Crippen LogP) is 2.33. The fourth-order valence-electron chi connectivity index (χ4n) is 2.76. The molecule has 1 aliphatic rings. The van der Waals surface area contributed by atoms with Gasteiger partial charge in [0, 0.05) is 36.8 Å². The zero-order chi connectivity index (χ0) is 15.7. The van der Waals surface area contributed by atoms with Gasteiger partial charge in [-0.3, -0.25) is 19.8 Å². The van der Waals surface area contributed by atoms with Crippen molar-refractivity contribution < 1.29 is 9.72 Å². The highest BCUT2D eigenvalue weighted by molar-refractivity contribution is 5.95. The molecular formula is C15H21N3O3. The van der Waals surface area contributed by atoms with Crippen molar-refractivity contribution >= 4 is 17.2 Å². The molecule has 21 heavy (non-hydrogen) atoms. The summed E-state index contributed by atoms with van der Waals surface area (Å²) in [7, 11) is 2.07. The number of carbonyl (C=O) groups excluding carboxylic acids is 1. The molecule has 6 nitrogen and oxygen atoms in total. The van der Waals surface area contributed by atoms with Crippen molar-refractivity contribution in [2.24, 2.45) is 0 Å². The first-order valence-corrected chi connectivity index (χ1v) is 7.07. The zero-order valence-corrected chi connectivity index (χ0v) is 12.9. The van der Waals surface area contributed by atoms with Crippen LogP contribution in [0.3, 0.4) is 0 Å². The minimum atomic E-state index is -0.407. The molecule has 0 N–H and O–H groups in total. The number of nitro groups is 1. The van der Waals surface area contributed by atoms with E-state index < -0.39 is 4.92 Å².